The van der Waals surface area contributed by atoms with E-state index in [4.69, 9.17) is 27.3 Å². The molecule has 0 unspecified atom stereocenters. The third-order valence-corrected chi connectivity index (χ3v) is 3.06. The van der Waals surface area contributed by atoms with Gasteiger partial charge in [-0.05, 0) is 30.7 Å². The second-order valence-corrected chi connectivity index (χ2v) is 4.73. The van der Waals surface area contributed by atoms with Gasteiger partial charge < -0.3 is 15.8 Å². The summed E-state index contributed by atoms with van der Waals surface area (Å²) in [6.07, 6.45) is 0. The predicted molar refractivity (Wildman–Crippen MR) is 80.6 cm³/mol. The predicted octanol–water partition coefficient (Wildman–Crippen LogP) is 3.80. The van der Waals surface area contributed by atoms with Crippen LogP contribution in [0.2, 0.25) is 5.02 Å². The fraction of sp³-hybridized carbons (Fsp3) is 0.0667. The molecule has 21 heavy (non-hydrogen) atoms. The van der Waals surface area contributed by atoms with Crippen molar-refractivity contribution >= 4 is 23.3 Å². The Morgan fingerprint density at radius 2 is 2.10 bits per heavy atom. The molecule has 0 saturated heterocycles. The monoisotopic (exact) mass is 301 g/mol. The zero-order valence-electron chi connectivity index (χ0n) is 11.2. The molecule has 2 aromatic carbocycles. The van der Waals surface area contributed by atoms with E-state index in [9.17, 15) is 4.79 Å². The summed E-state index contributed by atoms with van der Waals surface area (Å²) in [5, 5.41) is 11.6. The van der Waals surface area contributed by atoms with Gasteiger partial charge in [0, 0.05) is 17.8 Å². The molecule has 0 aromatic heterocycles. The Morgan fingerprint density at radius 3 is 2.71 bits per heavy atom. The number of hydrogen-bond acceptors (Lipinski definition) is 3. The normalized spacial score (nSPS) is 9.76. The van der Waals surface area contributed by atoms with E-state index in [2.05, 4.69) is 5.32 Å². The van der Waals surface area contributed by atoms with Gasteiger partial charge in [0.2, 0.25) is 0 Å². The first-order valence-electron chi connectivity index (χ1n) is 6.04. The number of urea groups is 1. The highest BCUT2D eigenvalue weighted by Gasteiger charge is 2.07. The van der Waals surface area contributed by atoms with Gasteiger partial charge in [0.15, 0.2) is 0 Å². The van der Waals surface area contributed by atoms with Crippen molar-refractivity contribution < 1.29 is 9.53 Å². The highest BCUT2D eigenvalue weighted by molar-refractivity contribution is 6.31. The number of primary amides is 1. The number of anilines is 1. The number of carbonyl (C=O) groups is 1. The molecule has 0 aliphatic rings. The van der Waals surface area contributed by atoms with Crippen LogP contribution >= 0.6 is 11.6 Å². The van der Waals surface area contributed by atoms with Crippen molar-refractivity contribution in [1.82, 2.24) is 0 Å². The van der Waals surface area contributed by atoms with E-state index in [1.165, 1.54) is 0 Å². The van der Waals surface area contributed by atoms with Gasteiger partial charge in [-0.1, -0.05) is 17.7 Å². The van der Waals surface area contributed by atoms with Gasteiger partial charge in [-0.25, -0.2) is 4.79 Å². The summed E-state index contributed by atoms with van der Waals surface area (Å²) < 4.78 is 5.73. The van der Waals surface area contributed by atoms with Crippen LogP contribution in [0.5, 0.6) is 11.5 Å². The zero-order chi connectivity index (χ0) is 15.4. The Hall–Kier alpha value is -2.71. The van der Waals surface area contributed by atoms with Crippen LogP contribution in [0.1, 0.15) is 11.1 Å². The molecule has 0 bridgehead atoms. The zero-order valence-corrected chi connectivity index (χ0v) is 11.9. The standard InChI is InChI=1S/C15H12ClN3O2/c1-9-2-4-11(19-15(18)20)6-14(9)21-12-5-3-10(8-17)13(16)7-12/h2-7H,1H3,(H3,18,19,20). The molecule has 6 heteroatoms. The van der Waals surface area contributed by atoms with E-state index < -0.39 is 6.03 Å². The van der Waals surface area contributed by atoms with Crippen LogP contribution < -0.4 is 15.8 Å². The average molecular weight is 302 g/mol. The quantitative estimate of drug-likeness (QED) is 0.903. The average Bonchev–Trinajstić information content (AvgIpc) is 2.42. The third kappa shape index (κ3) is 3.65. The molecule has 0 aliphatic carbocycles. The fourth-order valence-electron chi connectivity index (χ4n) is 1.71. The summed E-state index contributed by atoms with van der Waals surface area (Å²) in [7, 11) is 0. The third-order valence-electron chi connectivity index (χ3n) is 2.74. The summed E-state index contributed by atoms with van der Waals surface area (Å²) in [4.78, 5) is 10.9. The van der Waals surface area contributed by atoms with E-state index in [1.54, 1.807) is 36.4 Å². The lowest BCUT2D eigenvalue weighted by atomic mass is 10.2. The highest BCUT2D eigenvalue weighted by atomic mass is 35.5. The summed E-state index contributed by atoms with van der Waals surface area (Å²) in [6, 6.07) is 11.3. The van der Waals surface area contributed by atoms with Crippen molar-refractivity contribution in [2.24, 2.45) is 5.73 Å². The number of amides is 2. The smallest absolute Gasteiger partial charge is 0.316 e. The van der Waals surface area contributed by atoms with Crippen LogP contribution in [0, 0.1) is 18.3 Å². The van der Waals surface area contributed by atoms with E-state index in [-0.39, 0.29) is 0 Å². The molecule has 0 spiro atoms. The maximum atomic E-state index is 10.9. The van der Waals surface area contributed by atoms with Crippen molar-refractivity contribution in [1.29, 1.82) is 5.26 Å². The molecular weight excluding hydrogens is 290 g/mol. The second-order valence-electron chi connectivity index (χ2n) is 4.33. The number of nitrogens with one attached hydrogen (secondary N) is 1. The lowest BCUT2D eigenvalue weighted by Crippen LogP contribution is -2.19. The van der Waals surface area contributed by atoms with Crippen molar-refractivity contribution in [2.75, 3.05) is 5.32 Å². The largest absolute Gasteiger partial charge is 0.457 e. The molecule has 2 amide bonds. The van der Waals surface area contributed by atoms with Gasteiger partial charge >= 0.3 is 6.03 Å². The van der Waals surface area contributed by atoms with Gasteiger partial charge in [0.25, 0.3) is 0 Å². The number of halogens is 1. The van der Waals surface area contributed by atoms with Crippen LogP contribution in [-0.2, 0) is 0 Å². The van der Waals surface area contributed by atoms with Gasteiger partial charge in [0.1, 0.15) is 17.6 Å². The van der Waals surface area contributed by atoms with E-state index >= 15 is 0 Å². The van der Waals surface area contributed by atoms with Crippen molar-refractivity contribution in [3.05, 3.63) is 52.5 Å². The van der Waals surface area contributed by atoms with Gasteiger partial charge in [-0.2, -0.15) is 5.26 Å². The Labute approximate surface area is 126 Å². The minimum absolute atomic E-state index is 0.319. The molecule has 0 atom stereocenters. The first kappa shape index (κ1) is 14.7. The number of benzene rings is 2. The molecular formula is C15H12ClN3O2. The number of carbonyl (C=O) groups excluding carboxylic acids is 1. The van der Waals surface area contributed by atoms with Crippen molar-refractivity contribution in [2.45, 2.75) is 6.92 Å². The van der Waals surface area contributed by atoms with Crippen molar-refractivity contribution in [3.8, 4) is 17.6 Å². The Morgan fingerprint density at radius 1 is 1.33 bits per heavy atom. The molecule has 0 saturated carbocycles. The summed E-state index contributed by atoms with van der Waals surface area (Å²) in [5.74, 6) is 1.06. The minimum atomic E-state index is -0.647. The van der Waals surface area contributed by atoms with Crippen LogP contribution in [-0.4, -0.2) is 6.03 Å². The Kier molecular flexibility index (Phi) is 4.31. The summed E-state index contributed by atoms with van der Waals surface area (Å²) >= 11 is 5.96. The number of ether oxygens (including phenoxy) is 1. The molecule has 2 rings (SSSR count). The lowest BCUT2D eigenvalue weighted by Gasteiger charge is -2.11. The highest BCUT2D eigenvalue weighted by Crippen LogP contribution is 2.30. The summed E-state index contributed by atoms with van der Waals surface area (Å²) in [6.45, 7) is 1.87. The molecule has 5 nitrogen and oxygen atoms in total. The molecule has 3 N–H and O–H groups in total. The number of nitrogens with two attached hydrogens (primary N) is 1. The number of nitriles is 1. The first-order chi connectivity index (χ1) is 9.99. The first-order valence-corrected chi connectivity index (χ1v) is 6.42. The Balaban J connectivity index is 2.28. The van der Waals surface area contributed by atoms with Gasteiger partial charge in [-0.15, -0.1) is 0 Å². The maximum Gasteiger partial charge on any atom is 0.316 e. The number of nitrogens with zero attached hydrogens (tertiary/aromatic N) is 1. The minimum Gasteiger partial charge on any atom is -0.457 e. The maximum absolute atomic E-state index is 10.9. The molecule has 0 fully saturated rings. The molecule has 0 aliphatic heterocycles. The molecule has 0 radical (unpaired) electrons. The van der Waals surface area contributed by atoms with Crippen molar-refractivity contribution in [3.63, 3.8) is 0 Å². The van der Waals surface area contributed by atoms with E-state index in [0.29, 0.717) is 27.8 Å². The van der Waals surface area contributed by atoms with Crippen LogP contribution in [0.25, 0.3) is 0 Å². The summed E-state index contributed by atoms with van der Waals surface area (Å²) in [5.41, 5.74) is 6.87. The van der Waals surface area contributed by atoms with Crippen LogP contribution in [0.3, 0.4) is 0 Å². The second kappa shape index (κ2) is 6.16. The van der Waals surface area contributed by atoms with Gasteiger partial charge in [0.05, 0.1) is 10.6 Å². The Bertz CT molecular complexity index is 738. The van der Waals surface area contributed by atoms with E-state index in [0.717, 1.165) is 5.56 Å². The number of aryl methyl sites for hydroxylation is 1. The fourth-order valence-corrected chi connectivity index (χ4v) is 1.92. The van der Waals surface area contributed by atoms with E-state index in [1.807, 2.05) is 13.0 Å². The SMILES string of the molecule is Cc1ccc(NC(N)=O)cc1Oc1ccc(C#N)c(Cl)c1. The number of hydrogen-bond donors (Lipinski definition) is 2. The topological polar surface area (TPSA) is 88.1 Å². The van der Waals surface area contributed by atoms with Crippen LogP contribution in [0.15, 0.2) is 36.4 Å². The molecule has 2 aromatic rings. The molecule has 0 heterocycles. The van der Waals surface area contributed by atoms with Gasteiger partial charge in [-0.3, -0.25) is 0 Å². The lowest BCUT2D eigenvalue weighted by molar-refractivity contribution is 0.259. The molecule has 106 valence electrons. The number of rotatable bonds is 3. The van der Waals surface area contributed by atoms with Crippen LogP contribution in [0.4, 0.5) is 10.5 Å².